The van der Waals surface area contributed by atoms with Gasteiger partial charge in [0.1, 0.15) is 11.6 Å². The maximum Gasteiger partial charge on any atom is 0.137 e. The van der Waals surface area contributed by atoms with E-state index in [1.165, 1.54) is 55.3 Å². The highest BCUT2D eigenvalue weighted by Crippen LogP contribution is 2.62. The summed E-state index contributed by atoms with van der Waals surface area (Å²) < 4.78 is 0. The third kappa shape index (κ3) is 4.72. The van der Waals surface area contributed by atoms with Crippen LogP contribution in [0.25, 0.3) is 33.0 Å². The van der Waals surface area contributed by atoms with Crippen molar-refractivity contribution in [3.63, 3.8) is 0 Å². The van der Waals surface area contributed by atoms with E-state index in [9.17, 15) is 0 Å². The fourth-order valence-electron chi connectivity index (χ4n) is 9.31. The molecule has 0 unspecified atom stereocenters. The number of benzene rings is 4. The van der Waals surface area contributed by atoms with Crippen molar-refractivity contribution in [2.24, 2.45) is 4.99 Å². The van der Waals surface area contributed by atoms with E-state index in [-0.39, 0.29) is 10.8 Å². The summed E-state index contributed by atoms with van der Waals surface area (Å²) in [6, 6.07) is 39.3. The second-order valence-corrected chi connectivity index (χ2v) is 15.5. The maximum atomic E-state index is 4.81. The van der Waals surface area contributed by atoms with Gasteiger partial charge in [0, 0.05) is 58.9 Å². The molecule has 6 nitrogen and oxygen atoms in total. The smallest absolute Gasteiger partial charge is 0.137 e. The van der Waals surface area contributed by atoms with Crippen LogP contribution in [0.2, 0.25) is 0 Å². The molecule has 0 bridgehead atoms. The number of hydrogen-bond acceptors (Lipinski definition) is 6. The van der Waals surface area contributed by atoms with Gasteiger partial charge in [-0.2, -0.15) is 0 Å². The Balaban J connectivity index is 1.17. The first kappa shape index (κ1) is 32.3. The predicted octanol–water partition coefficient (Wildman–Crippen LogP) is 12.0. The van der Waals surface area contributed by atoms with Gasteiger partial charge >= 0.3 is 0 Å². The van der Waals surface area contributed by atoms with Crippen molar-refractivity contribution in [1.29, 1.82) is 0 Å². The van der Waals surface area contributed by atoms with Crippen LogP contribution >= 0.6 is 0 Å². The molecular formula is C48H40N6. The van der Waals surface area contributed by atoms with Gasteiger partial charge in [0.05, 0.1) is 11.9 Å². The summed E-state index contributed by atoms with van der Waals surface area (Å²) in [5.74, 6) is 1.76. The average Bonchev–Trinajstić information content (AvgIpc) is 3.59. The maximum absolute atomic E-state index is 4.81. The van der Waals surface area contributed by atoms with Gasteiger partial charge in [-0.25, -0.2) is 9.97 Å². The molecule has 3 aromatic heterocycles. The minimum absolute atomic E-state index is 0.276. The van der Waals surface area contributed by atoms with Gasteiger partial charge in [0.25, 0.3) is 0 Å². The van der Waals surface area contributed by atoms with Crippen molar-refractivity contribution in [3.05, 3.63) is 168 Å². The second-order valence-electron chi connectivity index (χ2n) is 15.5. The van der Waals surface area contributed by atoms with Crippen LogP contribution in [0, 0.1) is 0 Å². The molecule has 6 heteroatoms. The van der Waals surface area contributed by atoms with Crippen LogP contribution in [0.4, 0.5) is 28.7 Å². The van der Waals surface area contributed by atoms with Crippen molar-refractivity contribution < 1.29 is 0 Å². The second kappa shape index (κ2) is 12.1. The van der Waals surface area contributed by atoms with Crippen molar-refractivity contribution in [2.75, 3.05) is 9.80 Å². The fourth-order valence-corrected chi connectivity index (χ4v) is 9.31. The molecule has 2 aliphatic carbocycles. The summed E-state index contributed by atoms with van der Waals surface area (Å²) in [4.78, 5) is 23.1. The Hall–Kier alpha value is -6.40. The normalized spacial score (nSPS) is 15.6. The van der Waals surface area contributed by atoms with Crippen molar-refractivity contribution in [2.45, 2.75) is 51.4 Å². The summed E-state index contributed by atoms with van der Waals surface area (Å²) in [6.45, 7) is 9.66. The van der Waals surface area contributed by atoms with Crippen LogP contribution in [0.1, 0.15) is 62.8 Å². The number of hydrogen-bond donors (Lipinski definition) is 0. The molecule has 7 aromatic rings. The Bertz CT molecular complexity index is 2620. The Labute approximate surface area is 316 Å². The van der Waals surface area contributed by atoms with E-state index >= 15 is 0 Å². The first-order valence-corrected chi connectivity index (χ1v) is 18.8. The molecule has 0 atom stereocenters. The third-order valence-electron chi connectivity index (χ3n) is 11.7. The average molecular weight is 701 g/mol. The third-order valence-corrected chi connectivity index (χ3v) is 11.7. The highest BCUT2D eigenvalue weighted by Gasteiger charge is 2.47. The minimum atomic E-state index is -0.285. The molecule has 4 aromatic carbocycles. The van der Waals surface area contributed by atoms with Crippen LogP contribution in [0.3, 0.4) is 0 Å². The SMILES string of the molecule is CC1(C)c2cc(N(C3=CN=CCC3)c3ccccn3)ccc2-c2c1c1c(c3ccccc23)-c2ccc(N(c3cccnc3)c3ccccn3)cc2C1(C)C. The topological polar surface area (TPSA) is 57.5 Å². The summed E-state index contributed by atoms with van der Waals surface area (Å²) >= 11 is 0. The Morgan fingerprint density at radius 3 is 1.65 bits per heavy atom. The van der Waals surface area contributed by atoms with E-state index < -0.39 is 0 Å². The van der Waals surface area contributed by atoms with Crippen LogP contribution in [-0.4, -0.2) is 21.2 Å². The summed E-state index contributed by atoms with van der Waals surface area (Å²) in [5, 5.41) is 2.60. The molecule has 0 saturated carbocycles. The highest BCUT2D eigenvalue weighted by atomic mass is 15.2. The zero-order chi connectivity index (χ0) is 36.6. The van der Waals surface area contributed by atoms with Crippen molar-refractivity contribution >= 4 is 45.7 Å². The monoisotopic (exact) mass is 700 g/mol. The number of aromatic nitrogens is 3. The van der Waals surface area contributed by atoms with Gasteiger partial charge in [0.15, 0.2) is 0 Å². The lowest BCUT2D eigenvalue weighted by molar-refractivity contribution is 0.602. The van der Waals surface area contributed by atoms with E-state index in [0.717, 1.165) is 47.2 Å². The quantitative estimate of drug-likeness (QED) is 0.173. The largest absolute Gasteiger partial charge is 0.297 e. The first-order chi connectivity index (χ1) is 26.3. The van der Waals surface area contributed by atoms with Gasteiger partial charge in [-0.05, 0) is 129 Å². The lowest BCUT2D eigenvalue weighted by Crippen LogP contribution is -2.25. The molecule has 0 fully saturated rings. The zero-order valence-electron chi connectivity index (χ0n) is 31.0. The van der Waals surface area contributed by atoms with Crippen LogP contribution in [-0.2, 0) is 10.8 Å². The highest BCUT2D eigenvalue weighted by molar-refractivity contribution is 6.13. The Kier molecular flexibility index (Phi) is 7.21. The molecule has 0 spiro atoms. The fraction of sp³-hybridized carbons (Fsp3) is 0.167. The number of rotatable bonds is 6. The molecule has 0 amide bonds. The van der Waals surface area contributed by atoms with E-state index in [4.69, 9.17) is 9.97 Å². The number of fused-ring (bicyclic) bond motifs is 10. The molecule has 0 saturated heterocycles. The molecule has 4 heterocycles. The summed E-state index contributed by atoms with van der Waals surface area (Å²) in [7, 11) is 0. The van der Waals surface area contributed by atoms with E-state index in [2.05, 4.69) is 132 Å². The molecule has 262 valence electrons. The van der Waals surface area contributed by atoms with Gasteiger partial charge < -0.3 is 0 Å². The standard InChI is InChI=1S/C48H40N6/c1-47(2)39-27-31(53(33-13-11-23-49-29-33)41-17-7-9-25-51-41)19-21-37(39)43-35-15-5-6-16-36(35)44-38-22-20-32(28-40(38)48(3,4)46(44)45(43)47)54(34-14-12-24-50-30-34)42-18-8-10-26-52-42/h5-11,13,15-30H,12,14H2,1-4H3. The van der Waals surface area contributed by atoms with E-state index in [1.807, 2.05) is 61.5 Å². The summed E-state index contributed by atoms with van der Waals surface area (Å²) in [5.41, 5.74) is 14.5. The predicted molar refractivity (Wildman–Crippen MR) is 222 cm³/mol. The van der Waals surface area contributed by atoms with E-state index in [0.29, 0.717) is 0 Å². The summed E-state index contributed by atoms with van der Waals surface area (Å²) in [6.07, 6.45) is 13.2. The van der Waals surface area contributed by atoms with Gasteiger partial charge in [-0.1, -0.05) is 76.2 Å². The Morgan fingerprint density at radius 1 is 0.556 bits per heavy atom. The van der Waals surface area contributed by atoms with Crippen LogP contribution in [0.15, 0.2) is 151 Å². The number of aliphatic imine (C=N–C) groups is 1. The number of pyridine rings is 3. The van der Waals surface area contributed by atoms with E-state index in [1.54, 1.807) is 0 Å². The lowest BCUT2D eigenvalue weighted by atomic mass is 9.71. The number of allylic oxidation sites excluding steroid dienone is 1. The molecular weight excluding hydrogens is 661 g/mol. The van der Waals surface area contributed by atoms with Crippen molar-refractivity contribution in [3.8, 4) is 22.3 Å². The van der Waals surface area contributed by atoms with Gasteiger partial charge in [0.2, 0.25) is 0 Å². The Morgan fingerprint density at radius 2 is 1.13 bits per heavy atom. The molecule has 1 aliphatic heterocycles. The molecule has 10 rings (SSSR count). The molecule has 54 heavy (non-hydrogen) atoms. The van der Waals surface area contributed by atoms with Crippen LogP contribution in [0.5, 0.6) is 0 Å². The van der Waals surface area contributed by atoms with Crippen LogP contribution < -0.4 is 9.80 Å². The minimum Gasteiger partial charge on any atom is -0.297 e. The first-order valence-electron chi connectivity index (χ1n) is 18.8. The molecule has 3 aliphatic rings. The molecule has 0 radical (unpaired) electrons. The zero-order valence-corrected chi connectivity index (χ0v) is 31.0. The van der Waals surface area contributed by atoms with Gasteiger partial charge in [-0.15, -0.1) is 0 Å². The van der Waals surface area contributed by atoms with Gasteiger partial charge in [-0.3, -0.25) is 19.8 Å². The molecule has 0 N–H and O–H groups in total. The van der Waals surface area contributed by atoms with Crippen molar-refractivity contribution in [1.82, 2.24) is 15.0 Å². The number of nitrogens with zero attached hydrogens (tertiary/aromatic N) is 6. The lowest BCUT2D eigenvalue weighted by Gasteiger charge is -2.32. The number of anilines is 5.